The Kier molecular flexibility index (Phi) is 3.57. The second kappa shape index (κ2) is 5.17. The van der Waals surface area contributed by atoms with Gasteiger partial charge in [0.1, 0.15) is 0 Å². The first-order valence-electron chi connectivity index (χ1n) is 7.14. The number of hydrogen-bond acceptors (Lipinski definition) is 4. The first-order chi connectivity index (χ1) is 8.72. The fourth-order valence-electron chi connectivity index (χ4n) is 2.54. The van der Waals surface area contributed by atoms with Crippen LogP contribution >= 0.6 is 11.3 Å². The summed E-state index contributed by atoms with van der Waals surface area (Å²) in [7, 11) is 0. The van der Waals surface area contributed by atoms with Crippen molar-refractivity contribution in [3.8, 4) is 0 Å². The Bertz CT molecular complexity index is 384. The van der Waals surface area contributed by atoms with Crippen LogP contribution in [0.2, 0.25) is 0 Å². The summed E-state index contributed by atoms with van der Waals surface area (Å²) in [5.41, 5.74) is 1.20. The quantitative estimate of drug-likeness (QED) is 0.907. The van der Waals surface area contributed by atoms with Crippen LogP contribution in [0, 0.1) is 19.8 Å². The Balaban J connectivity index is 1.49. The summed E-state index contributed by atoms with van der Waals surface area (Å²) < 4.78 is 0. The van der Waals surface area contributed by atoms with Gasteiger partial charge in [-0.25, -0.2) is 4.98 Å². The number of thiazole rings is 1. The molecule has 100 valence electrons. The molecule has 1 aromatic heterocycles. The first kappa shape index (κ1) is 12.4. The summed E-state index contributed by atoms with van der Waals surface area (Å²) in [6, 6.07) is 0.854. The van der Waals surface area contributed by atoms with Crippen LogP contribution in [0.3, 0.4) is 0 Å². The summed E-state index contributed by atoms with van der Waals surface area (Å²) in [5.74, 6) is 0.879. The van der Waals surface area contributed by atoms with Crippen molar-refractivity contribution < 1.29 is 0 Å². The molecule has 2 fully saturated rings. The van der Waals surface area contributed by atoms with E-state index in [1.54, 1.807) is 0 Å². The Hall–Kier alpha value is -0.610. The first-order valence-corrected chi connectivity index (χ1v) is 7.96. The molecule has 2 heterocycles. The predicted octanol–water partition coefficient (Wildman–Crippen LogP) is 2.73. The van der Waals surface area contributed by atoms with Gasteiger partial charge in [-0.2, -0.15) is 0 Å². The molecule has 0 amide bonds. The van der Waals surface area contributed by atoms with Gasteiger partial charge in [0.25, 0.3) is 0 Å². The van der Waals surface area contributed by atoms with Gasteiger partial charge in [-0.15, -0.1) is 11.3 Å². The molecule has 3 nitrogen and oxygen atoms in total. The van der Waals surface area contributed by atoms with Crippen LogP contribution in [0.4, 0.5) is 5.13 Å². The van der Waals surface area contributed by atoms with Gasteiger partial charge < -0.3 is 10.2 Å². The third-order valence-corrected chi connectivity index (χ3v) is 5.31. The Morgan fingerprint density at radius 2 is 1.94 bits per heavy atom. The van der Waals surface area contributed by atoms with Crippen LogP contribution in [0.5, 0.6) is 0 Å². The molecular formula is C14H23N3S. The number of hydrogen-bond donors (Lipinski definition) is 1. The van der Waals surface area contributed by atoms with Crippen molar-refractivity contribution in [1.82, 2.24) is 10.3 Å². The smallest absolute Gasteiger partial charge is 0.185 e. The molecule has 1 saturated carbocycles. The molecule has 0 bridgehead atoms. The summed E-state index contributed by atoms with van der Waals surface area (Å²) in [4.78, 5) is 8.51. The lowest BCUT2D eigenvalue weighted by molar-refractivity contribution is 0.382. The number of aromatic nitrogens is 1. The molecule has 0 spiro atoms. The van der Waals surface area contributed by atoms with Crippen LogP contribution in [0.1, 0.15) is 36.3 Å². The molecule has 0 atom stereocenters. The molecule has 1 saturated heterocycles. The zero-order chi connectivity index (χ0) is 12.5. The fourth-order valence-corrected chi connectivity index (χ4v) is 3.50. The second-order valence-electron chi connectivity index (χ2n) is 5.75. The maximum Gasteiger partial charge on any atom is 0.185 e. The lowest BCUT2D eigenvalue weighted by atomic mass is 9.97. The molecule has 0 aromatic carbocycles. The fraction of sp³-hybridized carbons (Fsp3) is 0.786. The summed E-state index contributed by atoms with van der Waals surface area (Å²) in [5, 5.41) is 4.90. The molecule has 1 N–H and O–H groups in total. The predicted molar refractivity (Wildman–Crippen MR) is 77.5 cm³/mol. The van der Waals surface area contributed by atoms with E-state index in [4.69, 9.17) is 0 Å². The third kappa shape index (κ3) is 2.86. The van der Waals surface area contributed by atoms with E-state index in [2.05, 4.69) is 29.0 Å². The van der Waals surface area contributed by atoms with Gasteiger partial charge in [0.2, 0.25) is 0 Å². The molecule has 18 heavy (non-hydrogen) atoms. The van der Waals surface area contributed by atoms with Gasteiger partial charge >= 0.3 is 0 Å². The number of piperidine rings is 1. The van der Waals surface area contributed by atoms with Gasteiger partial charge in [-0.3, -0.25) is 0 Å². The van der Waals surface area contributed by atoms with E-state index in [1.165, 1.54) is 61.0 Å². The van der Waals surface area contributed by atoms with E-state index >= 15 is 0 Å². The highest BCUT2D eigenvalue weighted by Crippen LogP contribution is 2.29. The van der Waals surface area contributed by atoms with Gasteiger partial charge in [-0.05, 0) is 52.0 Å². The zero-order valence-corrected chi connectivity index (χ0v) is 12.2. The van der Waals surface area contributed by atoms with Crippen molar-refractivity contribution >= 4 is 16.5 Å². The van der Waals surface area contributed by atoms with Gasteiger partial charge in [0.05, 0.1) is 5.69 Å². The minimum Gasteiger partial charge on any atom is -0.348 e. The van der Waals surface area contributed by atoms with Gasteiger partial charge in [0.15, 0.2) is 5.13 Å². The third-order valence-electron chi connectivity index (χ3n) is 4.17. The van der Waals surface area contributed by atoms with Crippen molar-refractivity contribution in [2.24, 2.45) is 5.92 Å². The van der Waals surface area contributed by atoms with E-state index in [0.717, 1.165) is 12.0 Å². The van der Waals surface area contributed by atoms with E-state index < -0.39 is 0 Å². The minimum absolute atomic E-state index is 0.854. The molecule has 4 heteroatoms. The summed E-state index contributed by atoms with van der Waals surface area (Å²) in [6.07, 6.45) is 5.43. The van der Waals surface area contributed by atoms with Crippen LogP contribution < -0.4 is 10.2 Å². The maximum absolute atomic E-state index is 4.67. The van der Waals surface area contributed by atoms with Crippen LogP contribution in [-0.4, -0.2) is 30.7 Å². The van der Waals surface area contributed by atoms with Gasteiger partial charge in [-0.1, -0.05) is 0 Å². The van der Waals surface area contributed by atoms with E-state index in [-0.39, 0.29) is 0 Å². The van der Waals surface area contributed by atoms with Crippen LogP contribution in [0.25, 0.3) is 0 Å². The van der Waals surface area contributed by atoms with Crippen molar-refractivity contribution in [2.45, 2.75) is 45.6 Å². The number of aryl methyl sites for hydroxylation is 2. The Morgan fingerprint density at radius 1 is 1.22 bits per heavy atom. The highest BCUT2D eigenvalue weighted by Gasteiger charge is 2.25. The SMILES string of the molecule is Cc1nc(N2CCC(CNC3CC3)CC2)sc1C. The maximum atomic E-state index is 4.67. The second-order valence-corrected chi connectivity index (χ2v) is 6.93. The molecule has 0 unspecified atom stereocenters. The number of rotatable bonds is 4. The van der Waals surface area contributed by atoms with Crippen molar-refractivity contribution in [3.05, 3.63) is 10.6 Å². The Labute approximate surface area is 114 Å². The minimum atomic E-state index is 0.854. The van der Waals surface area contributed by atoms with E-state index in [0.29, 0.717) is 0 Å². The van der Waals surface area contributed by atoms with E-state index in [9.17, 15) is 0 Å². The average molecular weight is 265 g/mol. The number of anilines is 1. The topological polar surface area (TPSA) is 28.2 Å². The van der Waals surface area contributed by atoms with E-state index in [1.807, 2.05) is 11.3 Å². The Morgan fingerprint density at radius 3 is 2.50 bits per heavy atom. The highest BCUT2D eigenvalue weighted by atomic mass is 32.1. The summed E-state index contributed by atoms with van der Waals surface area (Å²) in [6.45, 7) is 7.88. The monoisotopic (exact) mass is 265 g/mol. The van der Waals surface area contributed by atoms with Crippen LogP contribution in [-0.2, 0) is 0 Å². The van der Waals surface area contributed by atoms with Gasteiger partial charge in [0, 0.05) is 24.0 Å². The van der Waals surface area contributed by atoms with Crippen LogP contribution in [0.15, 0.2) is 0 Å². The number of nitrogens with one attached hydrogen (secondary N) is 1. The number of nitrogens with zero attached hydrogens (tertiary/aromatic N) is 2. The molecule has 1 aromatic rings. The molecule has 0 radical (unpaired) electrons. The molecule has 3 rings (SSSR count). The largest absolute Gasteiger partial charge is 0.348 e. The van der Waals surface area contributed by atoms with Crippen molar-refractivity contribution in [2.75, 3.05) is 24.5 Å². The lowest BCUT2D eigenvalue weighted by Crippen LogP contribution is -2.37. The summed E-state index contributed by atoms with van der Waals surface area (Å²) >= 11 is 1.85. The normalized spacial score (nSPS) is 21.6. The average Bonchev–Trinajstić information content (AvgIpc) is 3.14. The zero-order valence-electron chi connectivity index (χ0n) is 11.4. The molecular weight excluding hydrogens is 242 g/mol. The molecule has 2 aliphatic rings. The highest BCUT2D eigenvalue weighted by molar-refractivity contribution is 7.15. The standard InChI is InChI=1S/C14H23N3S/c1-10-11(2)18-14(16-10)17-7-5-12(6-8-17)9-15-13-3-4-13/h12-13,15H,3-9H2,1-2H3. The van der Waals surface area contributed by atoms with Crippen molar-refractivity contribution in [1.29, 1.82) is 0 Å². The molecule has 1 aliphatic carbocycles. The lowest BCUT2D eigenvalue weighted by Gasteiger charge is -2.31. The molecule has 1 aliphatic heterocycles. The van der Waals surface area contributed by atoms with Crippen molar-refractivity contribution in [3.63, 3.8) is 0 Å².